The summed E-state index contributed by atoms with van der Waals surface area (Å²) in [6, 6.07) is 12.7. The van der Waals surface area contributed by atoms with Gasteiger partial charge in [0.05, 0.1) is 41.8 Å². The van der Waals surface area contributed by atoms with Gasteiger partial charge in [0.1, 0.15) is 11.4 Å². The van der Waals surface area contributed by atoms with Crippen LogP contribution in [0.15, 0.2) is 48.7 Å². The smallest absolute Gasteiger partial charge is 0.243 e. The number of fused-ring (bicyclic) bond motifs is 1. The minimum atomic E-state index is -1.84. The topological polar surface area (TPSA) is 104 Å². The molecule has 4 aromatic rings. The minimum absolute atomic E-state index is 0.0405. The van der Waals surface area contributed by atoms with Crippen molar-refractivity contribution in [1.82, 2.24) is 19.9 Å². The number of benzene rings is 2. The van der Waals surface area contributed by atoms with Gasteiger partial charge in [-0.15, -0.1) is 0 Å². The lowest BCUT2D eigenvalue weighted by molar-refractivity contribution is 0.0986. The third-order valence-electron chi connectivity index (χ3n) is 9.47. The van der Waals surface area contributed by atoms with Crippen molar-refractivity contribution in [3.63, 3.8) is 0 Å². The molecule has 0 saturated carbocycles. The lowest BCUT2D eigenvalue weighted by Gasteiger charge is -2.37. The highest BCUT2D eigenvalue weighted by Crippen LogP contribution is 2.40. The summed E-state index contributed by atoms with van der Waals surface area (Å²) in [6.45, 7) is 14.2. The van der Waals surface area contributed by atoms with Crippen LogP contribution in [0.4, 0.5) is 0 Å². The van der Waals surface area contributed by atoms with E-state index >= 15 is 0 Å². The van der Waals surface area contributed by atoms with Gasteiger partial charge < -0.3 is 13.9 Å². The Morgan fingerprint density at radius 3 is 2.37 bits per heavy atom. The average molecular weight is 722 g/mol. The third kappa shape index (κ3) is 7.89. The Morgan fingerprint density at radius 2 is 1.69 bits per heavy atom. The number of rotatable bonds is 12. The quantitative estimate of drug-likeness (QED) is 0.0815. The average Bonchev–Trinajstić information content (AvgIpc) is 3.07. The first-order chi connectivity index (χ1) is 23.3. The molecule has 12 heteroatoms. The summed E-state index contributed by atoms with van der Waals surface area (Å²) in [5, 5.41) is 0.954. The Morgan fingerprint density at radius 1 is 1.00 bits per heavy atom. The first kappa shape index (κ1) is 36.6. The fourth-order valence-electron chi connectivity index (χ4n) is 5.59. The van der Waals surface area contributed by atoms with Crippen LogP contribution in [-0.2, 0) is 23.8 Å². The van der Waals surface area contributed by atoms with Crippen LogP contribution >= 0.6 is 23.2 Å². The van der Waals surface area contributed by atoms with Crippen LogP contribution in [0.5, 0.6) is 11.6 Å². The molecule has 0 amide bonds. The molecule has 1 aliphatic rings. The molecule has 3 heterocycles. The maximum absolute atomic E-state index is 13.8. The molecule has 0 spiro atoms. The van der Waals surface area contributed by atoms with E-state index in [1.807, 2.05) is 30.3 Å². The number of hydrogen-bond donors (Lipinski definition) is 0. The van der Waals surface area contributed by atoms with Crippen LogP contribution in [-0.4, -0.2) is 74.2 Å². The van der Waals surface area contributed by atoms with Crippen molar-refractivity contribution in [2.24, 2.45) is 0 Å². The number of nitrogens with zero attached hydrogens (tertiary/aromatic N) is 4. The van der Waals surface area contributed by atoms with E-state index in [0.717, 1.165) is 30.8 Å². The minimum Gasteiger partial charge on any atom is -0.496 e. The van der Waals surface area contributed by atoms with Crippen molar-refractivity contribution in [1.29, 1.82) is 0 Å². The summed E-state index contributed by atoms with van der Waals surface area (Å²) < 4.78 is 17.4. The molecule has 0 saturated heterocycles. The maximum atomic E-state index is 13.8. The fraction of sp³-hybridized carbons (Fsp3) is 0.378. The zero-order valence-electron chi connectivity index (χ0n) is 29.0. The van der Waals surface area contributed by atoms with Crippen LogP contribution in [0.3, 0.4) is 0 Å². The van der Waals surface area contributed by atoms with Gasteiger partial charge in [0.2, 0.25) is 5.88 Å². The number of aldehydes is 1. The number of ketones is 1. The molecule has 0 fully saturated rings. The molecule has 2 aromatic heterocycles. The highest BCUT2D eigenvalue weighted by atomic mass is 35.5. The van der Waals surface area contributed by atoms with E-state index in [4.69, 9.17) is 42.1 Å². The normalized spacial score (nSPS) is 13.6. The molecular weight excluding hydrogens is 679 g/mol. The number of pyridine rings is 1. The fourth-order valence-corrected chi connectivity index (χ4v) is 7.24. The Bertz CT molecular complexity index is 1880. The number of carbonyl (C=O) groups excluding carboxylic acids is 2. The zero-order valence-corrected chi connectivity index (χ0v) is 31.5. The largest absolute Gasteiger partial charge is 0.496 e. The van der Waals surface area contributed by atoms with Crippen LogP contribution in [0.2, 0.25) is 28.2 Å². The number of carbonyl (C=O) groups is 2. The molecule has 0 N–H and O–H groups in total. The Hall–Kier alpha value is -3.67. The third-order valence-corrected chi connectivity index (χ3v) is 14.9. The molecule has 49 heavy (non-hydrogen) atoms. The first-order valence-corrected chi connectivity index (χ1v) is 19.8. The number of methoxy groups -OCH3 is 2. The molecule has 5 rings (SSSR count). The summed E-state index contributed by atoms with van der Waals surface area (Å²) in [4.78, 5) is 40.8. The van der Waals surface area contributed by atoms with E-state index in [1.165, 1.54) is 13.3 Å². The summed E-state index contributed by atoms with van der Waals surface area (Å²) in [7, 11) is 1.20. The first-order valence-electron chi connectivity index (χ1n) is 16.2. The molecular formula is C37H42Cl2N4O5Si. The second-order valence-corrected chi connectivity index (χ2v) is 19.1. The van der Waals surface area contributed by atoms with E-state index in [0.29, 0.717) is 68.9 Å². The van der Waals surface area contributed by atoms with E-state index in [1.54, 1.807) is 19.2 Å². The summed E-state index contributed by atoms with van der Waals surface area (Å²) >= 11 is 13.9. The number of hydrogen-bond acceptors (Lipinski definition) is 9. The summed E-state index contributed by atoms with van der Waals surface area (Å²) in [5.74, 6) is 0.606. The second-order valence-electron chi connectivity index (χ2n) is 13.6. The monoisotopic (exact) mass is 720 g/mol. The second kappa shape index (κ2) is 15.1. The van der Waals surface area contributed by atoms with Gasteiger partial charge in [-0.1, -0.05) is 80.4 Å². The van der Waals surface area contributed by atoms with Crippen LogP contribution in [0.1, 0.15) is 58.6 Å². The summed E-state index contributed by atoms with van der Waals surface area (Å²) in [6.07, 6.45) is 2.88. The SMILES string of the molecule is COc1cc(C(=O)Cc2cccc(-c3cccc(-c4cnc(C=O)c(OC)n4)c3Cl)c2Cl)nc2c1CCN(CCO[Si](C)(C)C(C)(C)C)C2. The molecule has 9 nitrogen and oxygen atoms in total. The summed E-state index contributed by atoms with van der Waals surface area (Å²) in [5.41, 5.74) is 5.31. The highest BCUT2D eigenvalue weighted by molar-refractivity contribution is 6.74. The standard InChI is InChI=1S/C37H42Cl2N4O5Si/c1-37(2,3)49(6,7)48-17-16-43-15-14-26-30(21-43)41-28(19-33(26)46-4)32(45)18-23-10-8-11-24(34(23)38)25-12-9-13-27(35(25)39)29-20-40-31(22-44)36(42-29)47-5/h8-13,19-20,22H,14-18,21H2,1-7H3. The predicted molar refractivity (Wildman–Crippen MR) is 196 cm³/mol. The lowest BCUT2D eigenvalue weighted by atomic mass is 9.97. The van der Waals surface area contributed by atoms with E-state index in [-0.39, 0.29) is 28.8 Å². The lowest BCUT2D eigenvalue weighted by Crippen LogP contribution is -2.43. The van der Waals surface area contributed by atoms with Crippen molar-refractivity contribution in [2.75, 3.05) is 33.9 Å². The van der Waals surface area contributed by atoms with E-state index in [2.05, 4.69) is 48.7 Å². The van der Waals surface area contributed by atoms with Crippen molar-refractivity contribution in [3.05, 3.63) is 86.9 Å². The maximum Gasteiger partial charge on any atom is 0.243 e. The molecule has 0 radical (unpaired) electrons. The van der Waals surface area contributed by atoms with Crippen LogP contribution in [0.25, 0.3) is 22.4 Å². The van der Waals surface area contributed by atoms with Gasteiger partial charge in [-0.2, -0.15) is 0 Å². The Labute approximate surface area is 299 Å². The van der Waals surface area contributed by atoms with Gasteiger partial charge in [-0.3, -0.25) is 14.5 Å². The molecule has 0 unspecified atom stereocenters. The number of Topliss-reactive ketones (excluding diaryl/α,β-unsaturated/α-hetero) is 1. The molecule has 0 bridgehead atoms. The number of ether oxygens (including phenoxy) is 2. The molecule has 258 valence electrons. The predicted octanol–water partition coefficient (Wildman–Crippen LogP) is 8.15. The van der Waals surface area contributed by atoms with Gasteiger partial charge in [0.25, 0.3) is 0 Å². The van der Waals surface area contributed by atoms with Gasteiger partial charge in [0.15, 0.2) is 26.1 Å². The van der Waals surface area contributed by atoms with E-state index in [9.17, 15) is 9.59 Å². The van der Waals surface area contributed by atoms with Crippen molar-refractivity contribution < 1.29 is 23.5 Å². The number of halogens is 2. The molecule has 1 aliphatic heterocycles. The Kier molecular flexibility index (Phi) is 11.3. The van der Waals surface area contributed by atoms with Crippen LogP contribution in [0, 0.1) is 0 Å². The van der Waals surface area contributed by atoms with E-state index < -0.39 is 8.32 Å². The van der Waals surface area contributed by atoms with Gasteiger partial charge in [-0.05, 0) is 30.1 Å². The van der Waals surface area contributed by atoms with Crippen molar-refractivity contribution in [2.45, 2.75) is 58.3 Å². The van der Waals surface area contributed by atoms with Crippen molar-refractivity contribution >= 4 is 43.6 Å². The molecule has 0 aliphatic carbocycles. The van der Waals surface area contributed by atoms with Gasteiger partial charge in [-0.25, -0.2) is 15.0 Å². The highest BCUT2D eigenvalue weighted by Gasteiger charge is 2.37. The van der Waals surface area contributed by atoms with Crippen LogP contribution < -0.4 is 9.47 Å². The zero-order chi connectivity index (χ0) is 35.5. The van der Waals surface area contributed by atoms with Gasteiger partial charge >= 0.3 is 0 Å². The van der Waals surface area contributed by atoms with Gasteiger partial charge in [0, 0.05) is 61.0 Å². The van der Waals surface area contributed by atoms with Crippen molar-refractivity contribution in [3.8, 4) is 34.0 Å². The Balaban J connectivity index is 1.37. The molecule has 2 aromatic carbocycles. The molecule has 0 atom stereocenters. The number of aromatic nitrogens is 3.